The van der Waals surface area contributed by atoms with Gasteiger partial charge in [0.1, 0.15) is 11.6 Å². The molecule has 4 heteroatoms. The molecule has 1 aromatic carbocycles. The second-order valence-corrected chi connectivity index (χ2v) is 6.06. The topological polar surface area (TPSA) is 37.4 Å². The molecule has 1 aromatic heterocycles. The molecule has 0 spiro atoms. The zero-order valence-corrected chi connectivity index (χ0v) is 12.4. The molecule has 0 radical (unpaired) electrons. The molecule has 2 saturated heterocycles. The van der Waals surface area contributed by atoms with Crippen LogP contribution in [0.2, 0.25) is 0 Å². The number of nitrogens with zero attached hydrogens (tertiary/aromatic N) is 2. The van der Waals surface area contributed by atoms with Crippen LogP contribution < -0.4 is 15.0 Å². The van der Waals surface area contributed by atoms with E-state index in [0.29, 0.717) is 6.04 Å². The maximum atomic E-state index is 5.48. The summed E-state index contributed by atoms with van der Waals surface area (Å²) < 4.78 is 5.48. The standard InChI is InChI=1S/C17H21N3O/c1-21-16-6-2-5-14-13(16)7-9-19-17(14)20-10-12-4-3-8-18-15(12)11-20/h2,5-7,9,12,15,18H,3-4,8,10-11H2,1H3. The third kappa shape index (κ3) is 2.14. The van der Waals surface area contributed by atoms with Crippen molar-refractivity contribution in [3.63, 3.8) is 0 Å². The summed E-state index contributed by atoms with van der Waals surface area (Å²) in [6.07, 6.45) is 4.53. The first kappa shape index (κ1) is 12.9. The fraction of sp³-hybridized carbons (Fsp3) is 0.471. The van der Waals surface area contributed by atoms with E-state index in [1.54, 1.807) is 7.11 Å². The zero-order valence-electron chi connectivity index (χ0n) is 12.4. The van der Waals surface area contributed by atoms with Gasteiger partial charge in [-0.2, -0.15) is 0 Å². The first-order valence-corrected chi connectivity index (χ1v) is 7.77. The van der Waals surface area contributed by atoms with Gasteiger partial charge in [0.15, 0.2) is 0 Å². The lowest BCUT2D eigenvalue weighted by Crippen LogP contribution is -2.40. The number of methoxy groups -OCH3 is 1. The minimum absolute atomic E-state index is 0.626. The molecule has 4 rings (SSSR count). The molecule has 2 aromatic rings. The number of pyridine rings is 1. The highest BCUT2D eigenvalue weighted by atomic mass is 16.5. The fourth-order valence-electron chi connectivity index (χ4n) is 3.81. The normalized spacial score (nSPS) is 25.1. The van der Waals surface area contributed by atoms with Crippen LogP contribution in [0.25, 0.3) is 10.8 Å². The van der Waals surface area contributed by atoms with E-state index in [9.17, 15) is 0 Å². The van der Waals surface area contributed by atoms with Gasteiger partial charge in [-0.1, -0.05) is 12.1 Å². The van der Waals surface area contributed by atoms with Gasteiger partial charge in [-0.15, -0.1) is 0 Å². The van der Waals surface area contributed by atoms with E-state index in [1.807, 2.05) is 24.4 Å². The van der Waals surface area contributed by atoms with Crippen LogP contribution in [0.5, 0.6) is 5.75 Å². The SMILES string of the molecule is COc1cccc2c(N3CC4CCCNC4C3)nccc12. The van der Waals surface area contributed by atoms with Crippen LogP contribution in [-0.2, 0) is 0 Å². The van der Waals surface area contributed by atoms with Crippen molar-refractivity contribution < 1.29 is 4.74 Å². The second kappa shape index (κ2) is 5.19. The molecule has 110 valence electrons. The van der Waals surface area contributed by atoms with Gasteiger partial charge < -0.3 is 15.0 Å². The summed E-state index contributed by atoms with van der Waals surface area (Å²) in [6.45, 7) is 3.33. The first-order chi connectivity index (χ1) is 10.4. The summed E-state index contributed by atoms with van der Waals surface area (Å²) in [5, 5.41) is 5.99. The number of rotatable bonds is 2. The van der Waals surface area contributed by atoms with E-state index in [2.05, 4.69) is 21.3 Å². The molecule has 21 heavy (non-hydrogen) atoms. The molecule has 0 aliphatic carbocycles. The maximum absolute atomic E-state index is 5.48. The lowest BCUT2D eigenvalue weighted by molar-refractivity contribution is 0.340. The Morgan fingerprint density at radius 1 is 1.24 bits per heavy atom. The third-order valence-corrected chi connectivity index (χ3v) is 4.86. The maximum Gasteiger partial charge on any atom is 0.136 e. The molecule has 2 atom stereocenters. The van der Waals surface area contributed by atoms with Crippen molar-refractivity contribution in [1.82, 2.24) is 10.3 Å². The lowest BCUT2D eigenvalue weighted by Gasteiger charge is -2.24. The first-order valence-electron chi connectivity index (χ1n) is 7.77. The van der Waals surface area contributed by atoms with Gasteiger partial charge >= 0.3 is 0 Å². The molecule has 0 amide bonds. The summed E-state index contributed by atoms with van der Waals surface area (Å²) in [7, 11) is 1.73. The van der Waals surface area contributed by atoms with Gasteiger partial charge in [0.05, 0.1) is 7.11 Å². The average Bonchev–Trinajstić information content (AvgIpc) is 2.97. The number of nitrogens with one attached hydrogen (secondary N) is 1. The number of piperidine rings is 1. The third-order valence-electron chi connectivity index (χ3n) is 4.86. The Morgan fingerprint density at radius 2 is 2.19 bits per heavy atom. The summed E-state index contributed by atoms with van der Waals surface area (Å²) in [5.74, 6) is 2.79. The molecule has 0 bridgehead atoms. The van der Waals surface area contributed by atoms with Crippen LogP contribution in [-0.4, -0.2) is 37.8 Å². The minimum atomic E-state index is 0.626. The van der Waals surface area contributed by atoms with Gasteiger partial charge in [0.2, 0.25) is 0 Å². The largest absolute Gasteiger partial charge is 0.496 e. The van der Waals surface area contributed by atoms with E-state index in [-0.39, 0.29) is 0 Å². The van der Waals surface area contributed by atoms with Crippen LogP contribution >= 0.6 is 0 Å². The van der Waals surface area contributed by atoms with Crippen molar-refractivity contribution >= 4 is 16.6 Å². The highest BCUT2D eigenvalue weighted by molar-refractivity contribution is 5.96. The van der Waals surface area contributed by atoms with Crippen molar-refractivity contribution in [2.75, 3.05) is 31.6 Å². The summed E-state index contributed by atoms with van der Waals surface area (Å²) in [4.78, 5) is 7.10. The molecule has 3 heterocycles. The number of hydrogen-bond donors (Lipinski definition) is 1. The molecule has 0 saturated carbocycles. The number of ether oxygens (including phenoxy) is 1. The molecule has 2 fully saturated rings. The Balaban J connectivity index is 1.74. The smallest absolute Gasteiger partial charge is 0.136 e. The average molecular weight is 283 g/mol. The fourth-order valence-corrected chi connectivity index (χ4v) is 3.81. The van der Waals surface area contributed by atoms with E-state index < -0.39 is 0 Å². The molecule has 2 unspecified atom stereocenters. The van der Waals surface area contributed by atoms with E-state index >= 15 is 0 Å². The highest BCUT2D eigenvalue weighted by Gasteiger charge is 2.35. The Hall–Kier alpha value is -1.81. The Morgan fingerprint density at radius 3 is 3.05 bits per heavy atom. The zero-order chi connectivity index (χ0) is 14.2. The van der Waals surface area contributed by atoms with Crippen molar-refractivity contribution in [3.05, 3.63) is 30.5 Å². The second-order valence-electron chi connectivity index (χ2n) is 6.06. The number of anilines is 1. The predicted molar refractivity (Wildman–Crippen MR) is 85.0 cm³/mol. The number of hydrogen-bond acceptors (Lipinski definition) is 4. The van der Waals surface area contributed by atoms with Crippen LogP contribution in [0, 0.1) is 5.92 Å². The molecular formula is C17H21N3O. The van der Waals surface area contributed by atoms with E-state index in [4.69, 9.17) is 4.74 Å². The predicted octanol–water partition coefficient (Wildman–Crippen LogP) is 2.43. The molecule has 4 nitrogen and oxygen atoms in total. The minimum Gasteiger partial charge on any atom is -0.496 e. The molecule has 1 N–H and O–H groups in total. The van der Waals surface area contributed by atoms with Gasteiger partial charge in [-0.25, -0.2) is 4.98 Å². The van der Waals surface area contributed by atoms with Crippen LogP contribution in [0.3, 0.4) is 0 Å². The van der Waals surface area contributed by atoms with Crippen LogP contribution in [0.1, 0.15) is 12.8 Å². The van der Waals surface area contributed by atoms with Crippen LogP contribution in [0.15, 0.2) is 30.5 Å². The van der Waals surface area contributed by atoms with E-state index in [1.165, 1.54) is 18.2 Å². The molecule has 2 aliphatic rings. The quantitative estimate of drug-likeness (QED) is 0.918. The van der Waals surface area contributed by atoms with Gasteiger partial charge in [-0.05, 0) is 37.4 Å². The monoisotopic (exact) mass is 283 g/mol. The van der Waals surface area contributed by atoms with Gasteiger partial charge in [0, 0.05) is 36.1 Å². The Kier molecular flexibility index (Phi) is 3.19. The number of benzene rings is 1. The van der Waals surface area contributed by atoms with Crippen molar-refractivity contribution in [3.8, 4) is 5.75 Å². The summed E-state index contributed by atoms with van der Waals surface area (Å²) in [5.41, 5.74) is 0. The highest BCUT2D eigenvalue weighted by Crippen LogP contribution is 2.34. The van der Waals surface area contributed by atoms with Gasteiger partial charge in [0.25, 0.3) is 0 Å². The van der Waals surface area contributed by atoms with Crippen molar-refractivity contribution in [2.45, 2.75) is 18.9 Å². The molecule has 2 aliphatic heterocycles. The Labute approximate surface area is 125 Å². The number of aromatic nitrogens is 1. The van der Waals surface area contributed by atoms with Crippen molar-refractivity contribution in [2.24, 2.45) is 5.92 Å². The Bertz CT molecular complexity index is 644. The lowest BCUT2D eigenvalue weighted by atomic mass is 9.94. The van der Waals surface area contributed by atoms with Crippen LogP contribution in [0.4, 0.5) is 5.82 Å². The van der Waals surface area contributed by atoms with E-state index in [0.717, 1.165) is 42.5 Å². The summed E-state index contributed by atoms with van der Waals surface area (Å²) in [6, 6.07) is 8.88. The van der Waals surface area contributed by atoms with Crippen molar-refractivity contribution in [1.29, 1.82) is 0 Å². The number of fused-ring (bicyclic) bond motifs is 2. The van der Waals surface area contributed by atoms with Gasteiger partial charge in [-0.3, -0.25) is 0 Å². The summed E-state index contributed by atoms with van der Waals surface area (Å²) >= 11 is 0. The molecular weight excluding hydrogens is 262 g/mol.